The van der Waals surface area contributed by atoms with Crippen molar-refractivity contribution in [2.24, 2.45) is 4.99 Å². The molecule has 2 aromatic heterocycles. The van der Waals surface area contributed by atoms with Gasteiger partial charge in [0.15, 0.2) is 0 Å². The van der Waals surface area contributed by atoms with Gasteiger partial charge in [0.2, 0.25) is 6.08 Å². The van der Waals surface area contributed by atoms with Crippen molar-refractivity contribution in [1.82, 2.24) is 20.2 Å². The Bertz CT molecular complexity index is 2610. The lowest BCUT2D eigenvalue weighted by atomic mass is 10.0. The smallest absolute Gasteiger partial charge is 0.320 e. The molecule has 0 unspecified atom stereocenters. The minimum absolute atomic E-state index is 0. The van der Waals surface area contributed by atoms with E-state index in [2.05, 4.69) is 31.7 Å². The van der Waals surface area contributed by atoms with Gasteiger partial charge in [0.05, 0.1) is 49.8 Å². The molecule has 2 aliphatic rings. The molecule has 23 heteroatoms. The Balaban J connectivity index is 0.000000546. The molecule has 0 saturated carbocycles. The molecule has 0 aliphatic carbocycles. The molecule has 12 nitrogen and oxygen atoms in total. The van der Waals surface area contributed by atoms with Gasteiger partial charge < -0.3 is 15.5 Å². The van der Waals surface area contributed by atoms with Crippen LogP contribution in [0, 0.1) is 0 Å². The summed E-state index contributed by atoms with van der Waals surface area (Å²) in [5, 5.41) is 6.83. The van der Waals surface area contributed by atoms with Gasteiger partial charge in [-0.15, -0.1) is 12.4 Å². The van der Waals surface area contributed by atoms with Crippen molar-refractivity contribution >= 4 is 89.9 Å². The van der Waals surface area contributed by atoms with E-state index in [0.717, 1.165) is 83.9 Å². The largest absolute Gasteiger partial charge is 0.416 e. The summed E-state index contributed by atoms with van der Waals surface area (Å²) < 4.78 is 119. The fraction of sp³-hybridized carbons (Fsp3) is 0.364. The number of amides is 2. The number of aryl methyl sites for hydroxylation is 2. The van der Waals surface area contributed by atoms with Crippen LogP contribution in [-0.4, -0.2) is 94.0 Å². The van der Waals surface area contributed by atoms with Crippen LogP contribution in [0.15, 0.2) is 90.2 Å². The zero-order valence-corrected chi connectivity index (χ0v) is 38.6. The van der Waals surface area contributed by atoms with Crippen LogP contribution in [0.4, 0.5) is 42.5 Å². The number of halogens is 9. The summed E-state index contributed by atoms with van der Waals surface area (Å²) in [6.45, 7) is 2.44. The summed E-state index contributed by atoms with van der Waals surface area (Å²) in [7, 11) is -6.04. The Morgan fingerprint density at radius 2 is 1.24 bits per heavy atom. The van der Waals surface area contributed by atoms with E-state index in [4.69, 9.17) is 23.2 Å². The van der Waals surface area contributed by atoms with Gasteiger partial charge in [0, 0.05) is 50.2 Å². The van der Waals surface area contributed by atoms with E-state index >= 15 is 0 Å². The number of hydrogen-bond acceptors (Lipinski definition) is 10. The lowest BCUT2D eigenvalue weighted by molar-refractivity contribution is -0.138. The molecule has 67 heavy (non-hydrogen) atoms. The zero-order valence-electron chi connectivity index (χ0n) is 34.6. The highest BCUT2D eigenvalue weighted by Crippen LogP contribution is 2.32. The summed E-state index contributed by atoms with van der Waals surface area (Å²) in [4.78, 5) is 35.6. The van der Waals surface area contributed by atoms with Crippen LogP contribution < -0.4 is 10.6 Å². The molecule has 4 heterocycles. The predicted molar refractivity (Wildman–Crippen MR) is 255 cm³/mol. The third-order valence-corrected chi connectivity index (χ3v) is 11.8. The van der Waals surface area contributed by atoms with E-state index in [1.165, 1.54) is 35.6 Å². The predicted octanol–water partition coefficient (Wildman–Crippen LogP) is 10.7. The first-order chi connectivity index (χ1) is 29.9. The number of carbonyl (C=O) groups is 1. The molecule has 2 aromatic carbocycles. The normalized spacial score (nSPS) is 13.7. The number of nitrogens with one attached hydrogen (secondary N) is 2. The Labute approximate surface area is 403 Å². The van der Waals surface area contributed by atoms with Crippen molar-refractivity contribution in [3.8, 4) is 0 Å². The van der Waals surface area contributed by atoms with Crippen LogP contribution in [0.5, 0.6) is 0 Å². The van der Waals surface area contributed by atoms with Crippen LogP contribution in [0.3, 0.4) is 0 Å². The first kappa shape index (κ1) is 60.2. The van der Waals surface area contributed by atoms with Crippen LogP contribution in [0.25, 0.3) is 11.1 Å². The number of sulfone groups is 2. The maximum Gasteiger partial charge on any atom is 0.416 e. The van der Waals surface area contributed by atoms with Crippen LogP contribution in [-0.2, 0) is 49.7 Å². The van der Waals surface area contributed by atoms with Gasteiger partial charge in [0.25, 0.3) is 0 Å². The highest BCUT2D eigenvalue weighted by molar-refractivity contribution is 7.90. The number of hydrogen-bond donors (Lipinski definition) is 2. The molecule has 2 amide bonds. The molecule has 0 radical (unpaired) electrons. The molecular formula is C44H51Cl3F6N6O6S2. The number of rotatable bonds is 10. The molecule has 2 N–H and O–H groups in total. The maximum absolute atomic E-state index is 12.6. The van der Waals surface area contributed by atoms with Crippen molar-refractivity contribution < 1.29 is 52.8 Å². The van der Waals surface area contributed by atoms with Gasteiger partial charge in [-0.25, -0.2) is 26.4 Å². The highest BCUT2D eigenvalue weighted by Gasteiger charge is 2.31. The SMILES string of the molecule is C.C.CS(=O)(=O)CCc1cnc(C2=CCN(C(=O)Nc3ccc(C(F)(F)F)cc3)CC2)c(Cl)c1.CS(=O)(=O)CCc1cnc(C2=CCNCC2)c(Cl)c1.Cl.O=C=Nc1ccc(C(F)(F)F)cc1. The van der Waals surface area contributed by atoms with Crippen molar-refractivity contribution in [3.63, 3.8) is 0 Å². The number of nitrogens with zero attached hydrogens (tertiary/aromatic N) is 4. The number of benzene rings is 2. The Morgan fingerprint density at radius 3 is 1.61 bits per heavy atom. The second-order valence-corrected chi connectivity index (χ2v) is 19.8. The molecule has 0 fully saturated rings. The van der Waals surface area contributed by atoms with E-state index in [1.807, 2.05) is 12.1 Å². The van der Waals surface area contributed by atoms with Gasteiger partial charge >= 0.3 is 18.4 Å². The third-order valence-electron chi connectivity index (χ3n) is 9.32. The molecule has 6 rings (SSSR count). The summed E-state index contributed by atoms with van der Waals surface area (Å²) in [5.41, 5.74) is 3.86. The van der Waals surface area contributed by atoms with Crippen LogP contribution in [0.2, 0.25) is 10.0 Å². The van der Waals surface area contributed by atoms with Gasteiger partial charge in [-0.3, -0.25) is 9.97 Å². The van der Waals surface area contributed by atoms with Crippen molar-refractivity contribution in [1.29, 1.82) is 0 Å². The minimum atomic E-state index is -4.43. The molecule has 4 aromatic rings. The number of urea groups is 1. The van der Waals surface area contributed by atoms with Gasteiger partial charge in [0.1, 0.15) is 19.7 Å². The van der Waals surface area contributed by atoms with Crippen molar-refractivity contribution in [3.05, 3.63) is 129 Å². The number of aliphatic imine (C=N–C) groups is 1. The van der Waals surface area contributed by atoms with E-state index < -0.39 is 49.2 Å². The van der Waals surface area contributed by atoms with Crippen molar-refractivity contribution in [2.45, 2.75) is 52.9 Å². The number of isocyanates is 1. The number of pyridine rings is 2. The first-order valence-electron chi connectivity index (χ1n) is 19.1. The third kappa shape index (κ3) is 20.5. The second-order valence-electron chi connectivity index (χ2n) is 14.5. The average Bonchev–Trinajstić information content (AvgIpc) is 3.22. The van der Waals surface area contributed by atoms with E-state index in [1.54, 1.807) is 18.5 Å². The van der Waals surface area contributed by atoms with Gasteiger partial charge in [-0.05, 0) is 115 Å². The summed E-state index contributed by atoms with van der Waals surface area (Å²) in [5.74, 6) is 0.132. The average molecular weight is 1040 g/mol. The Hall–Kier alpha value is -4.82. The van der Waals surface area contributed by atoms with E-state index in [-0.39, 0.29) is 56.7 Å². The van der Waals surface area contributed by atoms with E-state index in [9.17, 15) is 52.8 Å². The number of anilines is 1. The van der Waals surface area contributed by atoms with Crippen LogP contribution in [0.1, 0.15) is 61.3 Å². The number of carbonyl (C=O) groups excluding carboxylic acids is 2. The summed E-state index contributed by atoms with van der Waals surface area (Å²) in [6.07, 6.45) is 4.25. The first-order valence-corrected chi connectivity index (χ1v) is 24.0. The molecule has 2 aliphatic heterocycles. The Morgan fingerprint density at radius 1 is 0.776 bits per heavy atom. The molecule has 368 valence electrons. The standard InChI is InChI=1S/C21H21ClF3N3O3S.C13H17ClN2O2S.C8H4F3NO.2CH4.ClH/c1-32(30,31)11-8-14-12-18(22)19(26-13-14)15-6-9-28(10-7-15)20(29)27-17-4-2-16(3-5-17)21(23,24)25;1-19(17,18)7-4-10-8-12(14)13(16-9-10)11-2-5-15-6-3-11;9-8(10,11)6-1-3-7(4-2-6)12-5-13;;;/h2-6,12-13H,7-11H2,1H3,(H,27,29);2,8-9,15H,3-7H2,1H3;1-4H;2*1H4;1H. The topological polar surface area (TPSA) is 168 Å². The monoisotopic (exact) mass is 1040 g/mol. The molecule has 0 spiro atoms. The minimum Gasteiger partial charge on any atom is -0.320 e. The maximum atomic E-state index is 12.6. The number of aromatic nitrogens is 2. The highest BCUT2D eigenvalue weighted by atomic mass is 35.5. The second kappa shape index (κ2) is 26.7. The van der Waals surface area contributed by atoms with Gasteiger partial charge in [-0.1, -0.05) is 50.2 Å². The number of alkyl halides is 6. The summed E-state index contributed by atoms with van der Waals surface area (Å²) in [6, 6.07) is 11.3. The lowest BCUT2D eigenvalue weighted by Crippen LogP contribution is -2.38. The summed E-state index contributed by atoms with van der Waals surface area (Å²) >= 11 is 12.6. The van der Waals surface area contributed by atoms with Gasteiger partial charge in [-0.2, -0.15) is 31.3 Å². The molecular weight excluding hydrogens is 993 g/mol. The quantitative estimate of drug-likeness (QED) is 0.0892. The van der Waals surface area contributed by atoms with Crippen molar-refractivity contribution in [2.75, 3.05) is 55.5 Å². The fourth-order valence-electron chi connectivity index (χ4n) is 5.94. The molecule has 0 atom stereocenters. The van der Waals surface area contributed by atoms with E-state index in [0.29, 0.717) is 41.5 Å². The Kier molecular flexibility index (Phi) is 23.9. The fourth-order valence-corrected chi connectivity index (χ4v) is 7.77. The lowest BCUT2D eigenvalue weighted by Gasteiger charge is -2.27. The van der Waals surface area contributed by atoms with Crippen LogP contribution >= 0.6 is 35.6 Å². The molecule has 0 saturated heterocycles. The molecule has 0 bridgehead atoms. The zero-order chi connectivity index (χ0) is 47.3.